The van der Waals surface area contributed by atoms with E-state index in [0.29, 0.717) is 6.61 Å². The predicted molar refractivity (Wildman–Crippen MR) is 80.9 cm³/mol. The highest BCUT2D eigenvalue weighted by molar-refractivity contribution is 7.21. The fraction of sp³-hybridized carbons (Fsp3) is 0.133. The molecule has 0 atom stereocenters. The smallest absolute Gasteiger partial charge is 0.133 e. The summed E-state index contributed by atoms with van der Waals surface area (Å²) in [7, 11) is 0. The van der Waals surface area contributed by atoms with Crippen LogP contribution in [0.2, 0.25) is 0 Å². The van der Waals surface area contributed by atoms with Crippen molar-refractivity contribution in [3.05, 3.63) is 58.4 Å². The monoisotopic (exact) mass is 287 g/mol. The number of hydrogen-bond donors (Lipinski definition) is 0. The Labute approximate surface area is 120 Å². The number of nitrogens with zero attached hydrogens (tertiary/aromatic N) is 1. The molecule has 0 radical (unpaired) electrons. The van der Waals surface area contributed by atoms with Crippen LogP contribution in [0.3, 0.4) is 0 Å². The molecule has 96 valence electrons. The lowest BCUT2D eigenvalue weighted by molar-refractivity contribution is 0.302. The zero-order chi connectivity index (χ0) is 13.1. The number of ether oxygens (including phenoxy) is 1. The highest BCUT2D eigenvalue weighted by Crippen LogP contribution is 2.30. The number of thiazole rings is 1. The zero-order valence-electron chi connectivity index (χ0n) is 10.5. The van der Waals surface area contributed by atoms with Gasteiger partial charge in [-0.05, 0) is 31.2 Å². The number of thiophene rings is 1. The van der Waals surface area contributed by atoms with Gasteiger partial charge in [0, 0.05) is 10.3 Å². The number of benzene rings is 1. The summed E-state index contributed by atoms with van der Waals surface area (Å²) in [5, 5.41) is 3.14. The average Bonchev–Trinajstić information content (AvgIpc) is 3.06. The van der Waals surface area contributed by atoms with Crippen molar-refractivity contribution in [2.45, 2.75) is 13.5 Å². The molecule has 2 heterocycles. The fourth-order valence-electron chi connectivity index (χ4n) is 1.71. The summed E-state index contributed by atoms with van der Waals surface area (Å²) in [6.45, 7) is 2.63. The number of rotatable bonds is 4. The van der Waals surface area contributed by atoms with E-state index in [1.54, 1.807) is 22.7 Å². The minimum atomic E-state index is 0.519. The van der Waals surface area contributed by atoms with Gasteiger partial charge in [0.05, 0.1) is 10.6 Å². The lowest BCUT2D eigenvalue weighted by Crippen LogP contribution is -1.95. The Balaban J connectivity index is 1.68. The maximum atomic E-state index is 5.69. The normalized spacial score (nSPS) is 10.6. The molecule has 0 aliphatic carbocycles. The third kappa shape index (κ3) is 3.03. The van der Waals surface area contributed by atoms with E-state index >= 15 is 0 Å². The standard InChI is InChI=1S/C15H13NOS2/c1-11-7-8-14(19-11)15-16-12(10-18-15)9-17-13-5-3-2-4-6-13/h2-8,10H,9H2,1H3. The first-order valence-corrected chi connectivity index (χ1v) is 7.70. The molecule has 2 aromatic heterocycles. The topological polar surface area (TPSA) is 22.1 Å². The van der Waals surface area contributed by atoms with Crippen molar-refractivity contribution in [2.24, 2.45) is 0 Å². The molecular weight excluding hydrogens is 274 g/mol. The second kappa shape index (κ2) is 5.55. The molecule has 4 heteroatoms. The van der Waals surface area contributed by atoms with Crippen molar-refractivity contribution >= 4 is 22.7 Å². The van der Waals surface area contributed by atoms with Crippen LogP contribution in [0.25, 0.3) is 9.88 Å². The van der Waals surface area contributed by atoms with Crippen LogP contribution in [0.4, 0.5) is 0 Å². The van der Waals surface area contributed by atoms with Crippen molar-refractivity contribution in [1.82, 2.24) is 4.98 Å². The summed E-state index contributed by atoms with van der Waals surface area (Å²) in [4.78, 5) is 7.16. The van der Waals surface area contributed by atoms with Gasteiger partial charge in [0.1, 0.15) is 17.4 Å². The zero-order valence-corrected chi connectivity index (χ0v) is 12.1. The number of aryl methyl sites for hydroxylation is 1. The van der Waals surface area contributed by atoms with Crippen molar-refractivity contribution < 1.29 is 4.74 Å². The van der Waals surface area contributed by atoms with Crippen LogP contribution < -0.4 is 4.74 Å². The van der Waals surface area contributed by atoms with Crippen LogP contribution in [0.1, 0.15) is 10.6 Å². The molecule has 2 nitrogen and oxygen atoms in total. The highest BCUT2D eigenvalue weighted by Gasteiger charge is 2.07. The maximum absolute atomic E-state index is 5.69. The molecule has 0 amide bonds. The molecule has 1 aromatic carbocycles. The molecule has 0 fully saturated rings. The summed E-state index contributed by atoms with van der Waals surface area (Å²) in [6, 6.07) is 14.1. The molecule has 0 N–H and O–H groups in total. The SMILES string of the molecule is Cc1ccc(-c2nc(COc3ccccc3)cs2)s1. The van der Waals surface area contributed by atoms with Crippen LogP contribution in [0.5, 0.6) is 5.75 Å². The van der Waals surface area contributed by atoms with E-state index in [-0.39, 0.29) is 0 Å². The Hall–Kier alpha value is -1.65. The van der Waals surface area contributed by atoms with E-state index in [1.165, 1.54) is 9.75 Å². The van der Waals surface area contributed by atoms with Gasteiger partial charge in [0.25, 0.3) is 0 Å². The molecule has 0 aliphatic rings. The average molecular weight is 287 g/mol. The van der Waals surface area contributed by atoms with E-state index in [0.717, 1.165) is 16.5 Å². The largest absolute Gasteiger partial charge is 0.487 e. The summed E-state index contributed by atoms with van der Waals surface area (Å²) in [5.74, 6) is 0.879. The Morgan fingerprint density at radius 1 is 1.11 bits per heavy atom. The summed E-state index contributed by atoms with van der Waals surface area (Å²) >= 11 is 3.45. The van der Waals surface area contributed by atoms with Gasteiger partial charge < -0.3 is 4.74 Å². The van der Waals surface area contributed by atoms with Crippen LogP contribution in [-0.2, 0) is 6.61 Å². The molecule has 3 aromatic rings. The molecule has 0 bridgehead atoms. The summed E-state index contributed by atoms with van der Waals surface area (Å²) in [5.41, 5.74) is 0.981. The van der Waals surface area contributed by atoms with Gasteiger partial charge in [-0.3, -0.25) is 0 Å². The molecular formula is C15H13NOS2. The van der Waals surface area contributed by atoms with Crippen LogP contribution in [0.15, 0.2) is 47.8 Å². The van der Waals surface area contributed by atoms with E-state index < -0.39 is 0 Å². The molecule has 19 heavy (non-hydrogen) atoms. The highest BCUT2D eigenvalue weighted by atomic mass is 32.1. The lowest BCUT2D eigenvalue weighted by atomic mass is 10.3. The summed E-state index contributed by atoms with van der Waals surface area (Å²) < 4.78 is 5.69. The maximum Gasteiger partial charge on any atom is 0.133 e. The third-order valence-electron chi connectivity index (χ3n) is 2.63. The Bertz CT molecular complexity index is 658. The van der Waals surface area contributed by atoms with Gasteiger partial charge in [0.2, 0.25) is 0 Å². The molecule has 0 saturated heterocycles. The molecule has 0 unspecified atom stereocenters. The quantitative estimate of drug-likeness (QED) is 0.690. The number of para-hydroxylation sites is 1. The second-order valence-electron chi connectivity index (χ2n) is 4.16. The Kier molecular flexibility index (Phi) is 3.62. The van der Waals surface area contributed by atoms with Gasteiger partial charge in [-0.15, -0.1) is 22.7 Å². The lowest BCUT2D eigenvalue weighted by Gasteiger charge is -2.02. The first kappa shape index (κ1) is 12.4. The molecule has 0 aliphatic heterocycles. The third-order valence-corrected chi connectivity index (χ3v) is 4.69. The van der Waals surface area contributed by atoms with Crippen LogP contribution in [-0.4, -0.2) is 4.98 Å². The van der Waals surface area contributed by atoms with Crippen molar-refractivity contribution in [1.29, 1.82) is 0 Å². The van der Waals surface area contributed by atoms with Crippen LogP contribution in [0, 0.1) is 6.92 Å². The number of hydrogen-bond acceptors (Lipinski definition) is 4. The van der Waals surface area contributed by atoms with Gasteiger partial charge in [0.15, 0.2) is 0 Å². The predicted octanol–water partition coefficient (Wildman–Crippen LogP) is 4.76. The van der Waals surface area contributed by atoms with Gasteiger partial charge in [-0.2, -0.15) is 0 Å². The fourth-order valence-corrected chi connectivity index (χ4v) is 3.45. The molecule has 3 rings (SSSR count). The van der Waals surface area contributed by atoms with Gasteiger partial charge in [-0.1, -0.05) is 18.2 Å². The minimum Gasteiger partial charge on any atom is -0.487 e. The van der Waals surface area contributed by atoms with Gasteiger partial charge in [-0.25, -0.2) is 4.98 Å². The van der Waals surface area contributed by atoms with Gasteiger partial charge >= 0.3 is 0 Å². The van der Waals surface area contributed by atoms with Crippen molar-refractivity contribution in [3.63, 3.8) is 0 Å². The van der Waals surface area contributed by atoms with Crippen LogP contribution >= 0.6 is 22.7 Å². The minimum absolute atomic E-state index is 0.519. The first-order chi connectivity index (χ1) is 9.31. The number of aromatic nitrogens is 1. The van der Waals surface area contributed by atoms with E-state index in [9.17, 15) is 0 Å². The van der Waals surface area contributed by atoms with Crippen molar-refractivity contribution in [2.75, 3.05) is 0 Å². The van der Waals surface area contributed by atoms with E-state index in [1.807, 2.05) is 30.3 Å². The Morgan fingerprint density at radius 2 is 1.95 bits per heavy atom. The second-order valence-corrected chi connectivity index (χ2v) is 6.30. The van der Waals surface area contributed by atoms with E-state index in [2.05, 4.69) is 29.4 Å². The first-order valence-electron chi connectivity index (χ1n) is 6.00. The van der Waals surface area contributed by atoms with Crippen molar-refractivity contribution in [3.8, 4) is 15.6 Å². The molecule has 0 spiro atoms. The summed E-state index contributed by atoms with van der Waals surface area (Å²) in [6.07, 6.45) is 0. The van der Waals surface area contributed by atoms with E-state index in [4.69, 9.17) is 4.74 Å². The Morgan fingerprint density at radius 3 is 2.68 bits per heavy atom. The molecule has 0 saturated carbocycles.